The van der Waals surface area contributed by atoms with Gasteiger partial charge in [-0.2, -0.15) is 0 Å². The van der Waals surface area contributed by atoms with Gasteiger partial charge in [0.05, 0.1) is 9.21 Å². The SMILES string of the molecule is O=C(O)C1CCCCN1C(=O)c1csc(-c2ccc(Cl)s2)n1. The summed E-state index contributed by atoms with van der Waals surface area (Å²) < 4.78 is 0.667. The van der Waals surface area contributed by atoms with Crippen molar-refractivity contribution in [3.8, 4) is 9.88 Å². The first kappa shape index (κ1) is 15.5. The third-order valence-corrected chi connectivity index (χ3v) is 5.80. The fourth-order valence-corrected chi connectivity index (χ4v) is 4.40. The van der Waals surface area contributed by atoms with Crippen LogP contribution in [0.2, 0.25) is 4.34 Å². The molecule has 1 fully saturated rings. The Bertz CT molecular complexity index is 713. The van der Waals surface area contributed by atoms with E-state index in [2.05, 4.69) is 4.98 Å². The number of thiazole rings is 1. The molecule has 5 nitrogen and oxygen atoms in total. The molecule has 22 heavy (non-hydrogen) atoms. The normalized spacial score (nSPS) is 18.4. The molecule has 3 rings (SSSR count). The first-order valence-corrected chi connectivity index (χ1v) is 8.88. The van der Waals surface area contributed by atoms with Crippen LogP contribution < -0.4 is 0 Å². The molecule has 0 bridgehead atoms. The predicted molar refractivity (Wildman–Crippen MR) is 86.7 cm³/mol. The minimum absolute atomic E-state index is 0.303. The number of amides is 1. The molecular weight excluding hydrogens is 344 g/mol. The van der Waals surface area contributed by atoms with Crippen LogP contribution in [0.15, 0.2) is 17.5 Å². The van der Waals surface area contributed by atoms with Gasteiger partial charge >= 0.3 is 5.97 Å². The molecule has 2 aromatic heterocycles. The van der Waals surface area contributed by atoms with Crippen molar-refractivity contribution in [3.63, 3.8) is 0 Å². The van der Waals surface area contributed by atoms with Crippen molar-refractivity contribution in [1.82, 2.24) is 9.88 Å². The minimum atomic E-state index is -0.950. The van der Waals surface area contributed by atoms with E-state index in [0.717, 1.165) is 22.7 Å². The van der Waals surface area contributed by atoms with E-state index >= 15 is 0 Å². The van der Waals surface area contributed by atoms with E-state index in [1.54, 1.807) is 11.4 Å². The van der Waals surface area contributed by atoms with Crippen LogP contribution in [0.5, 0.6) is 0 Å². The smallest absolute Gasteiger partial charge is 0.326 e. The maximum Gasteiger partial charge on any atom is 0.326 e. The summed E-state index contributed by atoms with van der Waals surface area (Å²) in [6, 6.07) is 2.90. The van der Waals surface area contributed by atoms with Gasteiger partial charge in [-0.1, -0.05) is 11.6 Å². The first-order chi connectivity index (χ1) is 10.6. The van der Waals surface area contributed by atoms with Crippen molar-refractivity contribution in [2.24, 2.45) is 0 Å². The van der Waals surface area contributed by atoms with Crippen molar-refractivity contribution in [3.05, 3.63) is 27.5 Å². The van der Waals surface area contributed by atoms with Gasteiger partial charge in [-0.25, -0.2) is 9.78 Å². The number of nitrogens with zero attached hydrogens (tertiary/aromatic N) is 2. The lowest BCUT2D eigenvalue weighted by atomic mass is 10.0. The molecule has 3 heterocycles. The summed E-state index contributed by atoms with van der Waals surface area (Å²) in [5, 5.41) is 11.7. The monoisotopic (exact) mass is 356 g/mol. The summed E-state index contributed by atoms with van der Waals surface area (Å²) in [5.74, 6) is -1.26. The summed E-state index contributed by atoms with van der Waals surface area (Å²) in [4.78, 5) is 30.5. The summed E-state index contributed by atoms with van der Waals surface area (Å²) in [5.41, 5.74) is 0.303. The molecule has 0 spiro atoms. The lowest BCUT2D eigenvalue weighted by molar-refractivity contribution is -0.143. The van der Waals surface area contributed by atoms with Gasteiger partial charge in [0.2, 0.25) is 0 Å². The van der Waals surface area contributed by atoms with Gasteiger partial charge < -0.3 is 10.0 Å². The molecule has 1 atom stereocenters. The lowest BCUT2D eigenvalue weighted by Gasteiger charge is -2.32. The van der Waals surface area contributed by atoms with Crippen LogP contribution in [0.4, 0.5) is 0 Å². The zero-order valence-electron chi connectivity index (χ0n) is 11.5. The number of aliphatic carboxylic acids is 1. The molecule has 1 saturated heterocycles. The second kappa shape index (κ2) is 6.36. The molecule has 1 N–H and O–H groups in total. The van der Waals surface area contributed by atoms with Crippen LogP contribution >= 0.6 is 34.3 Å². The Balaban J connectivity index is 1.83. The molecule has 2 aromatic rings. The Labute approximate surface area is 140 Å². The van der Waals surface area contributed by atoms with Gasteiger partial charge in [0, 0.05) is 11.9 Å². The maximum absolute atomic E-state index is 12.5. The van der Waals surface area contributed by atoms with Crippen molar-refractivity contribution >= 4 is 46.2 Å². The van der Waals surface area contributed by atoms with E-state index < -0.39 is 12.0 Å². The van der Waals surface area contributed by atoms with Gasteiger partial charge in [0.1, 0.15) is 16.7 Å². The average Bonchev–Trinajstić information content (AvgIpc) is 3.15. The van der Waals surface area contributed by atoms with E-state index in [1.807, 2.05) is 6.07 Å². The van der Waals surface area contributed by atoms with Crippen LogP contribution in [0.1, 0.15) is 29.8 Å². The summed E-state index contributed by atoms with van der Waals surface area (Å²) in [6.07, 6.45) is 2.16. The number of likely N-dealkylation sites (tertiary alicyclic amines) is 1. The predicted octanol–water partition coefficient (Wildman–Crippen LogP) is 3.60. The third kappa shape index (κ3) is 3.02. The van der Waals surface area contributed by atoms with Crippen LogP contribution in [0, 0.1) is 0 Å². The van der Waals surface area contributed by atoms with Gasteiger partial charge in [-0.05, 0) is 31.4 Å². The second-order valence-corrected chi connectivity index (χ2v) is 7.56. The number of halogens is 1. The fourth-order valence-electron chi connectivity index (χ4n) is 2.49. The first-order valence-electron chi connectivity index (χ1n) is 6.81. The standard InChI is InChI=1S/C14H13ClN2O3S2/c15-11-5-4-10(22-11)12-16-8(7-21-12)13(18)17-6-2-1-3-9(17)14(19)20/h4-5,7,9H,1-3,6H2,(H,19,20). The molecular formula is C14H13ClN2O3S2. The number of carboxylic acid groups (broad SMARTS) is 1. The van der Waals surface area contributed by atoms with Gasteiger partial charge in [-0.3, -0.25) is 4.79 Å². The number of carbonyl (C=O) groups excluding carboxylic acids is 1. The van der Waals surface area contributed by atoms with Crippen molar-refractivity contribution in [2.75, 3.05) is 6.54 Å². The van der Waals surface area contributed by atoms with Gasteiger partial charge in [-0.15, -0.1) is 22.7 Å². The molecule has 1 aliphatic rings. The highest BCUT2D eigenvalue weighted by molar-refractivity contribution is 7.23. The molecule has 0 saturated carbocycles. The maximum atomic E-state index is 12.5. The third-order valence-electron chi connectivity index (χ3n) is 3.56. The Kier molecular flexibility index (Phi) is 4.46. The van der Waals surface area contributed by atoms with Gasteiger partial charge in [0.25, 0.3) is 5.91 Å². The number of piperidine rings is 1. The number of aromatic nitrogens is 1. The van der Waals surface area contributed by atoms with E-state index in [4.69, 9.17) is 11.6 Å². The highest BCUT2D eigenvalue weighted by atomic mass is 35.5. The number of rotatable bonds is 3. The fraction of sp³-hybridized carbons (Fsp3) is 0.357. The Morgan fingerprint density at radius 1 is 1.36 bits per heavy atom. The molecule has 8 heteroatoms. The van der Waals surface area contributed by atoms with Crippen molar-refractivity contribution in [2.45, 2.75) is 25.3 Å². The molecule has 0 aliphatic carbocycles. The topological polar surface area (TPSA) is 70.5 Å². The highest BCUT2D eigenvalue weighted by Crippen LogP contribution is 2.33. The number of hydrogen-bond donors (Lipinski definition) is 1. The Morgan fingerprint density at radius 3 is 2.86 bits per heavy atom. The molecule has 1 unspecified atom stereocenters. The summed E-state index contributed by atoms with van der Waals surface area (Å²) in [7, 11) is 0. The second-order valence-electron chi connectivity index (χ2n) is 4.99. The molecule has 116 valence electrons. The largest absolute Gasteiger partial charge is 0.480 e. The zero-order valence-corrected chi connectivity index (χ0v) is 13.9. The Morgan fingerprint density at radius 2 is 2.18 bits per heavy atom. The average molecular weight is 357 g/mol. The van der Waals surface area contributed by atoms with E-state index in [1.165, 1.54) is 27.6 Å². The van der Waals surface area contributed by atoms with E-state index in [0.29, 0.717) is 23.0 Å². The molecule has 0 radical (unpaired) electrons. The minimum Gasteiger partial charge on any atom is -0.480 e. The van der Waals surface area contributed by atoms with Crippen LogP contribution in [0.3, 0.4) is 0 Å². The van der Waals surface area contributed by atoms with Crippen LogP contribution in [-0.4, -0.2) is 39.5 Å². The Hall–Kier alpha value is -1.44. The number of carbonyl (C=O) groups is 2. The van der Waals surface area contributed by atoms with E-state index in [9.17, 15) is 14.7 Å². The van der Waals surface area contributed by atoms with Crippen molar-refractivity contribution in [1.29, 1.82) is 0 Å². The molecule has 1 aliphatic heterocycles. The lowest BCUT2D eigenvalue weighted by Crippen LogP contribution is -2.48. The van der Waals surface area contributed by atoms with Crippen molar-refractivity contribution < 1.29 is 14.7 Å². The van der Waals surface area contributed by atoms with Crippen LogP contribution in [0.25, 0.3) is 9.88 Å². The quantitative estimate of drug-likeness (QED) is 0.912. The number of thiophene rings is 1. The zero-order chi connectivity index (χ0) is 15.7. The summed E-state index contributed by atoms with van der Waals surface area (Å²) in [6.45, 7) is 0.466. The highest BCUT2D eigenvalue weighted by Gasteiger charge is 2.33. The molecule has 1 amide bonds. The van der Waals surface area contributed by atoms with Crippen LogP contribution in [-0.2, 0) is 4.79 Å². The molecule has 0 aromatic carbocycles. The number of carboxylic acids is 1. The van der Waals surface area contributed by atoms with E-state index in [-0.39, 0.29) is 5.91 Å². The number of hydrogen-bond acceptors (Lipinski definition) is 5. The summed E-state index contributed by atoms with van der Waals surface area (Å²) >= 11 is 8.68. The van der Waals surface area contributed by atoms with Gasteiger partial charge in [0.15, 0.2) is 0 Å².